The number of hydrogen-bond acceptors (Lipinski definition) is 3. The first-order chi connectivity index (χ1) is 13.2. The highest BCUT2D eigenvalue weighted by atomic mass is 16.5. The normalized spacial score (nSPS) is 11.0. The second kappa shape index (κ2) is 8.68. The maximum Gasteiger partial charge on any atom is 0.262 e. The molecular weight excluding hydrogens is 336 g/mol. The predicted octanol–water partition coefficient (Wildman–Crippen LogP) is 4.46. The van der Waals surface area contributed by atoms with Crippen LogP contribution in [0.5, 0.6) is 5.75 Å². The van der Waals surface area contributed by atoms with Gasteiger partial charge in [-0.05, 0) is 35.4 Å². The van der Waals surface area contributed by atoms with E-state index in [-0.39, 0.29) is 5.57 Å². The van der Waals surface area contributed by atoms with Gasteiger partial charge in [0.05, 0.1) is 6.61 Å². The quantitative estimate of drug-likeness (QED) is 0.524. The number of benzene rings is 3. The fourth-order valence-corrected chi connectivity index (χ4v) is 2.87. The molecule has 4 heteroatoms. The number of amides is 1. The average Bonchev–Trinajstić information content (AvgIpc) is 2.72. The zero-order valence-corrected chi connectivity index (χ0v) is 15.1. The van der Waals surface area contributed by atoms with Crippen LogP contribution in [0.25, 0.3) is 16.8 Å². The Morgan fingerprint density at radius 2 is 1.81 bits per heavy atom. The Morgan fingerprint density at radius 1 is 1.07 bits per heavy atom. The van der Waals surface area contributed by atoms with Gasteiger partial charge in [0.25, 0.3) is 5.91 Å². The third-order valence-electron chi connectivity index (χ3n) is 4.18. The van der Waals surface area contributed by atoms with Gasteiger partial charge in [0.1, 0.15) is 17.4 Å². The van der Waals surface area contributed by atoms with Crippen molar-refractivity contribution in [2.24, 2.45) is 0 Å². The molecule has 0 fully saturated rings. The maximum atomic E-state index is 12.5. The van der Waals surface area contributed by atoms with Crippen LogP contribution in [-0.2, 0) is 11.3 Å². The van der Waals surface area contributed by atoms with Crippen molar-refractivity contribution >= 4 is 22.8 Å². The Labute approximate surface area is 158 Å². The van der Waals surface area contributed by atoms with Crippen LogP contribution in [0.4, 0.5) is 0 Å². The van der Waals surface area contributed by atoms with Gasteiger partial charge in [0.2, 0.25) is 0 Å². The zero-order chi connectivity index (χ0) is 19.1. The number of rotatable bonds is 6. The minimum absolute atomic E-state index is 0.0447. The van der Waals surface area contributed by atoms with Crippen molar-refractivity contribution in [2.75, 3.05) is 6.61 Å². The summed E-state index contributed by atoms with van der Waals surface area (Å²) in [6, 6.07) is 23.3. The first-order valence-corrected chi connectivity index (χ1v) is 8.81. The highest BCUT2D eigenvalue weighted by Crippen LogP contribution is 2.30. The minimum atomic E-state index is -0.406. The van der Waals surface area contributed by atoms with Crippen LogP contribution in [0, 0.1) is 11.3 Å². The van der Waals surface area contributed by atoms with Crippen molar-refractivity contribution in [1.82, 2.24) is 5.32 Å². The molecule has 0 aliphatic rings. The molecule has 3 aromatic carbocycles. The monoisotopic (exact) mass is 356 g/mol. The lowest BCUT2D eigenvalue weighted by Crippen LogP contribution is -2.23. The summed E-state index contributed by atoms with van der Waals surface area (Å²) in [6.07, 6.45) is 1.60. The molecule has 0 saturated carbocycles. The van der Waals surface area contributed by atoms with Gasteiger partial charge in [-0.15, -0.1) is 0 Å². The molecule has 0 aliphatic heterocycles. The molecular formula is C23H20N2O2. The standard InChI is InChI=1S/C23H20N2O2/c1-2-27-22-13-12-18-10-6-7-11-20(18)21(22)14-19(15-24)23(26)25-16-17-8-4-3-5-9-17/h3-14H,2,16H2,1H3,(H,25,26)/b19-14+. The Morgan fingerprint density at radius 3 is 2.56 bits per heavy atom. The molecule has 27 heavy (non-hydrogen) atoms. The van der Waals surface area contributed by atoms with Gasteiger partial charge in [-0.3, -0.25) is 4.79 Å². The lowest BCUT2D eigenvalue weighted by atomic mass is 10.0. The van der Waals surface area contributed by atoms with E-state index < -0.39 is 5.91 Å². The SMILES string of the molecule is CCOc1ccc2ccccc2c1/C=C(\C#N)C(=O)NCc1ccccc1. The summed E-state index contributed by atoms with van der Waals surface area (Å²) in [5, 5.41) is 14.3. The summed E-state index contributed by atoms with van der Waals surface area (Å²) in [5.41, 5.74) is 1.76. The lowest BCUT2D eigenvalue weighted by Gasteiger charge is -2.11. The highest BCUT2D eigenvalue weighted by molar-refractivity contribution is 6.04. The summed E-state index contributed by atoms with van der Waals surface area (Å²) in [4.78, 5) is 12.5. The van der Waals surface area contributed by atoms with Gasteiger partial charge in [0.15, 0.2) is 0 Å². The summed E-state index contributed by atoms with van der Waals surface area (Å²) in [6.45, 7) is 2.77. The first kappa shape index (κ1) is 18.2. The number of nitriles is 1. The molecule has 1 amide bonds. The van der Waals surface area contributed by atoms with Gasteiger partial charge in [-0.2, -0.15) is 5.26 Å². The van der Waals surface area contributed by atoms with E-state index in [1.807, 2.05) is 79.7 Å². The Kier molecular flexibility index (Phi) is 5.86. The summed E-state index contributed by atoms with van der Waals surface area (Å²) >= 11 is 0. The van der Waals surface area contributed by atoms with Crippen molar-refractivity contribution in [3.05, 3.63) is 83.4 Å². The highest BCUT2D eigenvalue weighted by Gasteiger charge is 2.13. The lowest BCUT2D eigenvalue weighted by molar-refractivity contribution is -0.117. The molecule has 0 unspecified atom stereocenters. The van der Waals surface area contributed by atoms with E-state index in [1.54, 1.807) is 6.08 Å². The third kappa shape index (κ3) is 4.34. The average molecular weight is 356 g/mol. The molecule has 3 aromatic rings. The fraction of sp³-hybridized carbons (Fsp3) is 0.130. The molecule has 0 radical (unpaired) electrons. The van der Waals surface area contributed by atoms with E-state index in [2.05, 4.69) is 5.32 Å². The van der Waals surface area contributed by atoms with Crippen LogP contribution in [-0.4, -0.2) is 12.5 Å². The van der Waals surface area contributed by atoms with Gasteiger partial charge >= 0.3 is 0 Å². The number of carbonyl (C=O) groups excluding carboxylic acids is 1. The Balaban J connectivity index is 1.94. The molecule has 134 valence electrons. The molecule has 0 atom stereocenters. The number of nitrogens with zero attached hydrogens (tertiary/aromatic N) is 1. The number of nitrogens with one attached hydrogen (secondary N) is 1. The van der Waals surface area contributed by atoms with Crippen LogP contribution in [0.3, 0.4) is 0 Å². The van der Waals surface area contributed by atoms with Crippen LogP contribution in [0.2, 0.25) is 0 Å². The Hall–Kier alpha value is -3.58. The Bertz CT molecular complexity index is 1020. The largest absolute Gasteiger partial charge is 0.493 e. The molecule has 0 aromatic heterocycles. The van der Waals surface area contributed by atoms with Crippen LogP contribution < -0.4 is 10.1 Å². The molecule has 0 bridgehead atoms. The maximum absolute atomic E-state index is 12.5. The van der Waals surface area contributed by atoms with Crippen LogP contribution in [0.1, 0.15) is 18.1 Å². The molecule has 0 aliphatic carbocycles. The molecule has 0 heterocycles. The minimum Gasteiger partial charge on any atom is -0.493 e. The van der Waals surface area contributed by atoms with Gasteiger partial charge in [-0.25, -0.2) is 0 Å². The van der Waals surface area contributed by atoms with Crippen molar-refractivity contribution in [2.45, 2.75) is 13.5 Å². The summed E-state index contributed by atoms with van der Waals surface area (Å²) in [5.74, 6) is 0.247. The second-order valence-corrected chi connectivity index (χ2v) is 5.97. The smallest absolute Gasteiger partial charge is 0.262 e. The number of carbonyl (C=O) groups is 1. The van der Waals surface area contributed by atoms with E-state index in [4.69, 9.17) is 4.74 Å². The summed E-state index contributed by atoms with van der Waals surface area (Å²) < 4.78 is 5.71. The second-order valence-electron chi connectivity index (χ2n) is 5.97. The topological polar surface area (TPSA) is 62.1 Å². The zero-order valence-electron chi connectivity index (χ0n) is 15.1. The molecule has 1 N–H and O–H groups in total. The van der Waals surface area contributed by atoms with E-state index in [0.717, 1.165) is 21.9 Å². The van der Waals surface area contributed by atoms with E-state index in [1.165, 1.54) is 0 Å². The van der Waals surface area contributed by atoms with Crippen LogP contribution >= 0.6 is 0 Å². The van der Waals surface area contributed by atoms with Gasteiger partial charge < -0.3 is 10.1 Å². The van der Waals surface area contributed by atoms with Crippen molar-refractivity contribution in [1.29, 1.82) is 5.26 Å². The molecule has 3 rings (SSSR count). The molecule has 0 saturated heterocycles. The van der Waals surface area contributed by atoms with Crippen molar-refractivity contribution in [3.8, 4) is 11.8 Å². The number of fused-ring (bicyclic) bond motifs is 1. The van der Waals surface area contributed by atoms with Crippen LogP contribution in [0.15, 0.2) is 72.3 Å². The first-order valence-electron chi connectivity index (χ1n) is 8.81. The predicted molar refractivity (Wildman–Crippen MR) is 107 cm³/mol. The number of hydrogen-bond donors (Lipinski definition) is 1. The van der Waals surface area contributed by atoms with Crippen molar-refractivity contribution in [3.63, 3.8) is 0 Å². The molecule has 4 nitrogen and oxygen atoms in total. The van der Waals surface area contributed by atoms with E-state index >= 15 is 0 Å². The van der Waals surface area contributed by atoms with Crippen molar-refractivity contribution < 1.29 is 9.53 Å². The fourth-order valence-electron chi connectivity index (χ4n) is 2.87. The number of ether oxygens (including phenoxy) is 1. The molecule has 0 spiro atoms. The van der Waals surface area contributed by atoms with Gasteiger partial charge in [0, 0.05) is 12.1 Å². The van der Waals surface area contributed by atoms with E-state index in [0.29, 0.717) is 18.9 Å². The summed E-state index contributed by atoms with van der Waals surface area (Å²) in [7, 11) is 0. The van der Waals surface area contributed by atoms with E-state index in [9.17, 15) is 10.1 Å². The third-order valence-corrected chi connectivity index (χ3v) is 4.18. The van der Waals surface area contributed by atoms with Gasteiger partial charge in [-0.1, -0.05) is 60.7 Å².